The maximum Gasteiger partial charge on any atom is 0.0300 e. The molecule has 1 atom stereocenters. The van der Waals surface area contributed by atoms with Crippen molar-refractivity contribution in [2.75, 3.05) is 33.2 Å². The molecule has 1 aliphatic rings. The third-order valence-corrected chi connectivity index (χ3v) is 3.24. The molecule has 0 radical (unpaired) electrons. The zero-order valence-corrected chi connectivity index (χ0v) is 10.0. The van der Waals surface area contributed by atoms with Gasteiger partial charge in [-0.1, -0.05) is 6.07 Å². The van der Waals surface area contributed by atoms with Crippen molar-refractivity contribution < 1.29 is 0 Å². The first-order chi connectivity index (χ1) is 7.84. The van der Waals surface area contributed by atoms with Crippen LogP contribution in [0, 0.1) is 5.92 Å². The van der Waals surface area contributed by atoms with Crippen LogP contribution in [-0.2, 0) is 6.42 Å². The Bertz CT molecular complexity index is 299. The van der Waals surface area contributed by atoms with Crippen molar-refractivity contribution in [2.24, 2.45) is 5.92 Å². The van der Waals surface area contributed by atoms with E-state index in [0.717, 1.165) is 25.4 Å². The van der Waals surface area contributed by atoms with Crippen LogP contribution in [0.3, 0.4) is 0 Å². The van der Waals surface area contributed by atoms with E-state index >= 15 is 0 Å². The fraction of sp³-hybridized carbons (Fsp3) is 0.615. The molecule has 1 aliphatic heterocycles. The minimum Gasteiger partial charge on any atom is -0.316 e. The predicted octanol–water partition coefficient (Wildman–Crippen LogP) is 1.17. The molecule has 1 saturated heterocycles. The second-order valence-corrected chi connectivity index (χ2v) is 4.73. The summed E-state index contributed by atoms with van der Waals surface area (Å²) in [7, 11) is 2.20. The van der Waals surface area contributed by atoms with Gasteiger partial charge in [0.2, 0.25) is 0 Å². The molecule has 1 unspecified atom stereocenters. The number of aromatic nitrogens is 1. The third kappa shape index (κ3) is 3.58. The maximum absolute atomic E-state index is 4.12. The highest BCUT2D eigenvalue weighted by atomic mass is 15.1. The number of hydrogen-bond donors (Lipinski definition) is 1. The first-order valence-electron chi connectivity index (χ1n) is 6.13. The Balaban J connectivity index is 1.59. The summed E-state index contributed by atoms with van der Waals surface area (Å²) >= 11 is 0. The number of rotatable bonds is 5. The third-order valence-electron chi connectivity index (χ3n) is 3.24. The fourth-order valence-electron chi connectivity index (χ4n) is 2.28. The van der Waals surface area contributed by atoms with E-state index < -0.39 is 0 Å². The van der Waals surface area contributed by atoms with E-state index in [-0.39, 0.29) is 0 Å². The van der Waals surface area contributed by atoms with Crippen molar-refractivity contribution in [3.05, 3.63) is 30.1 Å². The molecule has 1 N–H and O–H groups in total. The van der Waals surface area contributed by atoms with Crippen LogP contribution in [0.4, 0.5) is 0 Å². The van der Waals surface area contributed by atoms with E-state index in [2.05, 4.69) is 28.3 Å². The van der Waals surface area contributed by atoms with Crippen LogP contribution in [0.25, 0.3) is 0 Å². The quantitative estimate of drug-likeness (QED) is 0.753. The second kappa shape index (κ2) is 5.97. The average Bonchev–Trinajstić information content (AvgIpc) is 2.72. The topological polar surface area (TPSA) is 28.2 Å². The van der Waals surface area contributed by atoms with Crippen molar-refractivity contribution >= 4 is 0 Å². The Hall–Kier alpha value is -0.930. The van der Waals surface area contributed by atoms with Gasteiger partial charge in [-0.2, -0.15) is 0 Å². The van der Waals surface area contributed by atoms with Gasteiger partial charge in [0, 0.05) is 18.9 Å². The molecule has 0 spiro atoms. The van der Waals surface area contributed by atoms with Crippen LogP contribution in [0.5, 0.6) is 0 Å². The van der Waals surface area contributed by atoms with Gasteiger partial charge >= 0.3 is 0 Å². The SMILES string of the molecule is CN1CCC(CNCCc2cccnc2)C1. The van der Waals surface area contributed by atoms with Gasteiger partial charge in [0.05, 0.1) is 0 Å². The van der Waals surface area contributed by atoms with E-state index in [9.17, 15) is 0 Å². The average molecular weight is 219 g/mol. The lowest BCUT2D eigenvalue weighted by molar-refractivity contribution is 0.389. The summed E-state index contributed by atoms with van der Waals surface area (Å²) in [4.78, 5) is 6.53. The van der Waals surface area contributed by atoms with Crippen molar-refractivity contribution in [1.29, 1.82) is 0 Å². The van der Waals surface area contributed by atoms with Gasteiger partial charge in [-0.3, -0.25) is 4.98 Å². The molecule has 16 heavy (non-hydrogen) atoms. The molecular formula is C13H21N3. The lowest BCUT2D eigenvalue weighted by Gasteiger charge is -2.11. The van der Waals surface area contributed by atoms with Crippen LogP contribution >= 0.6 is 0 Å². The molecular weight excluding hydrogens is 198 g/mol. The molecule has 0 aliphatic carbocycles. The second-order valence-electron chi connectivity index (χ2n) is 4.73. The van der Waals surface area contributed by atoms with Crippen molar-refractivity contribution in [3.63, 3.8) is 0 Å². The molecule has 1 aromatic rings. The van der Waals surface area contributed by atoms with Crippen molar-refractivity contribution in [1.82, 2.24) is 15.2 Å². The van der Waals surface area contributed by atoms with Crippen LogP contribution in [0.1, 0.15) is 12.0 Å². The minimum atomic E-state index is 0.846. The molecule has 0 aromatic carbocycles. The van der Waals surface area contributed by atoms with Crippen LogP contribution in [-0.4, -0.2) is 43.1 Å². The van der Waals surface area contributed by atoms with Gasteiger partial charge in [-0.05, 0) is 57.1 Å². The molecule has 1 fully saturated rings. The van der Waals surface area contributed by atoms with Crippen LogP contribution in [0.15, 0.2) is 24.5 Å². The summed E-state index contributed by atoms with van der Waals surface area (Å²) in [6, 6.07) is 4.14. The summed E-state index contributed by atoms with van der Waals surface area (Å²) < 4.78 is 0. The van der Waals surface area contributed by atoms with Gasteiger partial charge in [0.25, 0.3) is 0 Å². The largest absolute Gasteiger partial charge is 0.316 e. The first-order valence-corrected chi connectivity index (χ1v) is 6.13. The normalized spacial score (nSPS) is 21.4. The van der Waals surface area contributed by atoms with Crippen LogP contribution < -0.4 is 5.32 Å². The highest BCUT2D eigenvalue weighted by Crippen LogP contribution is 2.12. The number of nitrogens with one attached hydrogen (secondary N) is 1. The lowest BCUT2D eigenvalue weighted by Crippen LogP contribution is -2.26. The highest BCUT2D eigenvalue weighted by Gasteiger charge is 2.18. The number of nitrogens with zero attached hydrogens (tertiary/aromatic N) is 2. The fourth-order valence-corrected chi connectivity index (χ4v) is 2.28. The van der Waals surface area contributed by atoms with Gasteiger partial charge in [-0.25, -0.2) is 0 Å². The maximum atomic E-state index is 4.12. The Morgan fingerprint density at radius 2 is 2.50 bits per heavy atom. The number of hydrogen-bond acceptors (Lipinski definition) is 3. The highest BCUT2D eigenvalue weighted by molar-refractivity contribution is 5.08. The Kier molecular flexibility index (Phi) is 4.31. The van der Waals surface area contributed by atoms with E-state index in [0.29, 0.717) is 0 Å². The monoisotopic (exact) mass is 219 g/mol. The van der Waals surface area contributed by atoms with Gasteiger partial charge in [-0.15, -0.1) is 0 Å². The number of pyridine rings is 1. The van der Waals surface area contributed by atoms with Gasteiger partial charge in [0.1, 0.15) is 0 Å². The zero-order valence-electron chi connectivity index (χ0n) is 10.0. The Labute approximate surface area is 97.9 Å². The molecule has 3 nitrogen and oxygen atoms in total. The number of likely N-dealkylation sites (tertiary alicyclic amines) is 1. The lowest BCUT2D eigenvalue weighted by atomic mass is 10.1. The summed E-state index contributed by atoms with van der Waals surface area (Å²) in [6.07, 6.45) is 6.20. The molecule has 2 heterocycles. The molecule has 0 amide bonds. The standard InChI is InChI=1S/C13H21N3/c1-16-8-5-13(11-16)10-15-7-4-12-3-2-6-14-9-12/h2-3,6,9,13,15H,4-5,7-8,10-11H2,1H3. The van der Waals surface area contributed by atoms with Gasteiger partial charge < -0.3 is 10.2 Å². The summed E-state index contributed by atoms with van der Waals surface area (Å²) in [6.45, 7) is 4.73. The Morgan fingerprint density at radius 3 is 3.19 bits per heavy atom. The summed E-state index contributed by atoms with van der Waals surface area (Å²) in [5, 5.41) is 3.54. The van der Waals surface area contributed by atoms with Crippen molar-refractivity contribution in [3.8, 4) is 0 Å². The predicted molar refractivity (Wildman–Crippen MR) is 66.4 cm³/mol. The van der Waals surface area contributed by atoms with Crippen molar-refractivity contribution in [2.45, 2.75) is 12.8 Å². The smallest absolute Gasteiger partial charge is 0.0300 e. The van der Waals surface area contributed by atoms with E-state index in [1.165, 1.54) is 25.1 Å². The molecule has 88 valence electrons. The van der Waals surface area contributed by atoms with E-state index in [1.807, 2.05) is 18.5 Å². The molecule has 0 bridgehead atoms. The zero-order chi connectivity index (χ0) is 11.2. The molecule has 1 aromatic heterocycles. The molecule has 3 heteroatoms. The molecule has 0 saturated carbocycles. The molecule has 2 rings (SSSR count). The van der Waals surface area contributed by atoms with E-state index in [1.54, 1.807) is 0 Å². The van der Waals surface area contributed by atoms with Crippen LogP contribution in [0.2, 0.25) is 0 Å². The Morgan fingerprint density at radius 1 is 1.56 bits per heavy atom. The minimum absolute atomic E-state index is 0.846. The first kappa shape index (κ1) is 11.6. The summed E-state index contributed by atoms with van der Waals surface area (Å²) in [5.41, 5.74) is 1.32. The van der Waals surface area contributed by atoms with E-state index in [4.69, 9.17) is 0 Å². The summed E-state index contributed by atoms with van der Waals surface area (Å²) in [5.74, 6) is 0.846. The van der Waals surface area contributed by atoms with Gasteiger partial charge in [0.15, 0.2) is 0 Å².